The number of nitrogens with zero attached hydrogens (tertiary/aromatic N) is 1. The maximum absolute atomic E-state index is 12.4. The normalized spacial score (nSPS) is 12.5. The first kappa shape index (κ1) is 16.7. The van der Waals surface area contributed by atoms with Gasteiger partial charge in [0.25, 0.3) is 0 Å². The monoisotopic (exact) mass is 373 g/mol. The molecule has 24 heavy (non-hydrogen) atoms. The summed E-state index contributed by atoms with van der Waals surface area (Å²) in [6.45, 7) is 0. The molecule has 0 radical (unpaired) electrons. The largest absolute Gasteiger partial charge is 0.573 e. The predicted octanol–water partition coefficient (Wildman–Crippen LogP) is 4.17. The lowest BCUT2D eigenvalue weighted by Crippen LogP contribution is -2.17. The van der Waals surface area contributed by atoms with Crippen molar-refractivity contribution in [1.82, 2.24) is 4.98 Å². The molecule has 0 spiro atoms. The van der Waals surface area contributed by atoms with E-state index in [4.69, 9.17) is 0 Å². The van der Waals surface area contributed by atoms with E-state index in [0.29, 0.717) is 11.1 Å². The molecule has 0 aliphatic carbocycles. The van der Waals surface area contributed by atoms with Gasteiger partial charge in [-0.1, -0.05) is 24.3 Å². The molecule has 2 aromatic carbocycles. The highest BCUT2D eigenvalue weighted by Gasteiger charge is 2.31. The number of hydrogen-bond acceptors (Lipinski definition) is 5. The topological polar surface area (TPSA) is 56.3 Å². The molecule has 0 unspecified atom stereocenters. The minimum Gasteiger partial charge on any atom is -0.406 e. The number of thiazole rings is 1. The average Bonchev–Trinajstić information content (AvgIpc) is 2.92. The Morgan fingerprint density at radius 2 is 1.71 bits per heavy atom. The summed E-state index contributed by atoms with van der Waals surface area (Å²) in [7, 11) is -3.68. The summed E-state index contributed by atoms with van der Waals surface area (Å²) >= 11 is 1.06. The SMILES string of the molecule is O=S(=O)(Cc1ccc(OC(F)(F)F)cc1)c1nc2ccccc2s1. The predicted molar refractivity (Wildman–Crippen MR) is 83.6 cm³/mol. The van der Waals surface area contributed by atoms with E-state index in [2.05, 4.69) is 9.72 Å². The Balaban J connectivity index is 1.81. The lowest BCUT2D eigenvalue weighted by Gasteiger charge is -2.09. The summed E-state index contributed by atoms with van der Waals surface area (Å²) in [6.07, 6.45) is -4.78. The number of rotatable bonds is 4. The van der Waals surface area contributed by atoms with E-state index < -0.39 is 21.9 Å². The van der Waals surface area contributed by atoms with E-state index in [9.17, 15) is 21.6 Å². The zero-order valence-corrected chi connectivity index (χ0v) is 13.6. The standard InChI is InChI=1S/C15H10F3NO3S2/c16-15(17,18)22-11-7-5-10(6-8-11)9-24(20,21)14-19-12-3-1-2-4-13(12)23-14/h1-8H,9H2. The van der Waals surface area contributed by atoms with Gasteiger partial charge in [0.15, 0.2) is 0 Å². The average molecular weight is 373 g/mol. The van der Waals surface area contributed by atoms with Crippen molar-refractivity contribution in [3.05, 3.63) is 54.1 Å². The third-order valence-corrected chi connectivity index (χ3v) is 6.23. The molecular weight excluding hydrogens is 363 g/mol. The van der Waals surface area contributed by atoms with E-state index in [1.807, 2.05) is 0 Å². The van der Waals surface area contributed by atoms with Crippen LogP contribution < -0.4 is 4.74 Å². The van der Waals surface area contributed by atoms with Crippen molar-refractivity contribution < 1.29 is 26.3 Å². The van der Waals surface area contributed by atoms with E-state index >= 15 is 0 Å². The number of alkyl halides is 3. The number of hydrogen-bond donors (Lipinski definition) is 0. The molecule has 1 aromatic heterocycles. The van der Waals surface area contributed by atoms with Gasteiger partial charge in [0.05, 0.1) is 16.0 Å². The molecule has 0 amide bonds. The Kier molecular flexibility index (Phi) is 4.22. The van der Waals surface area contributed by atoms with Crippen LogP contribution >= 0.6 is 11.3 Å². The fourth-order valence-electron chi connectivity index (χ4n) is 2.05. The summed E-state index contributed by atoms with van der Waals surface area (Å²) in [6, 6.07) is 11.8. The van der Waals surface area contributed by atoms with Crippen LogP contribution in [0.15, 0.2) is 52.9 Å². The van der Waals surface area contributed by atoms with Crippen molar-refractivity contribution in [3.63, 3.8) is 0 Å². The summed E-state index contributed by atoms with van der Waals surface area (Å²) in [5.74, 6) is -0.748. The number of aromatic nitrogens is 1. The van der Waals surface area contributed by atoms with E-state index in [-0.39, 0.29) is 10.1 Å². The fraction of sp³-hybridized carbons (Fsp3) is 0.133. The minimum atomic E-state index is -4.78. The molecule has 0 N–H and O–H groups in total. The Bertz CT molecular complexity index is 931. The van der Waals surface area contributed by atoms with Crippen LogP contribution in [0.1, 0.15) is 5.56 Å². The quantitative estimate of drug-likeness (QED) is 0.689. The Morgan fingerprint density at radius 1 is 1.04 bits per heavy atom. The zero-order valence-electron chi connectivity index (χ0n) is 11.9. The second-order valence-electron chi connectivity index (χ2n) is 4.90. The Hall–Kier alpha value is -2.13. The smallest absolute Gasteiger partial charge is 0.406 e. The zero-order chi connectivity index (χ0) is 17.4. The third-order valence-electron chi connectivity index (χ3n) is 3.05. The number of fused-ring (bicyclic) bond motifs is 1. The Labute approximate surface area is 139 Å². The maximum atomic E-state index is 12.4. The highest BCUT2D eigenvalue weighted by atomic mass is 32.2. The van der Waals surface area contributed by atoms with Crippen molar-refractivity contribution in [2.24, 2.45) is 0 Å². The summed E-state index contributed by atoms with van der Waals surface area (Å²) in [4.78, 5) is 4.10. The van der Waals surface area contributed by atoms with Crippen LogP contribution in [0, 0.1) is 0 Å². The van der Waals surface area contributed by atoms with Gasteiger partial charge in [0.1, 0.15) is 5.75 Å². The molecule has 3 aromatic rings. The molecule has 4 nitrogen and oxygen atoms in total. The third kappa shape index (κ3) is 3.85. The van der Waals surface area contributed by atoms with Gasteiger partial charge in [0.2, 0.25) is 14.2 Å². The first-order chi connectivity index (χ1) is 11.2. The first-order valence-electron chi connectivity index (χ1n) is 6.66. The molecular formula is C15H10F3NO3S2. The molecule has 9 heteroatoms. The molecule has 1 heterocycles. The molecule has 0 fully saturated rings. The van der Waals surface area contributed by atoms with Gasteiger partial charge >= 0.3 is 6.36 Å². The summed E-state index contributed by atoms with van der Waals surface area (Å²) < 4.78 is 65.7. The van der Waals surface area contributed by atoms with Crippen LogP contribution in [0.5, 0.6) is 5.75 Å². The summed E-state index contributed by atoms with van der Waals surface area (Å²) in [5, 5.41) is 0. The van der Waals surface area contributed by atoms with Crippen LogP contribution in [-0.2, 0) is 15.6 Å². The van der Waals surface area contributed by atoms with Crippen molar-refractivity contribution in [1.29, 1.82) is 0 Å². The Morgan fingerprint density at radius 3 is 2.33 bits per heavy atom. The van der Waals surface area contributed by atoms with Gasteiger partial charge in [-0.25, -0.2) is 13.4 Å². The summed E-state index contributed by atoms with van der Waals surface area (Å²) in [5.41, 5.74) is 0.943. The van der Waals surface area contributed by atoms with Crippen LogP contribution in [0.2, 0.25) is 0 Å². The first-order valence-corrected chi connectivity index (χ1v) is 9.13. The lowest BCUT2D eigenvalue weighted by atomic mass is 10.2. The van der Waals surface area contributed by atoms with E-state index in [0.717, 1.165) is 28.2 Å². The number of benzene rings is 2. The van der Waals surface area contributed by atoms with Crippen LogP contribution in [0.3, 0.4) is 0 Å². The van der Waals surface area contributed by atoms with Crippen molar-refractivity contribution >= 4 is 31.4 Å². The molecule has 0 saturated carbocycles. The number of halogens is 3. The molecule has 3 rings (SSSR count). The van der Waals surface area contributed by atoms with Gasteiger partial charge in [-0.2, -0.15) is 0 Å². The van der Waals surface area contributed by atoms with Crippen LogP contribution in [0.25, 0.3) is 10.2 Å². The number of ether oxygens (including phenoxy) is 1. The van der Waals surface area contributed by atoms with Gasteiger partial charge in [-0.15, -0.1) is 24.5 Å². The van der Waals surface area contributed by atoms with E-state index in [1.54, 1.807) is 24.3 Å². The second-order valence-corrected chi connectivity index (χ2v) is 8.09. The van der Waals surface area contributed by atoms with Gasteiger partial charge in [-0.3, -0.25) is 0 Å². The van der Waals surface area contributed by atoms with Gasteiger partial charge < -0.3 is 4.74 Å². The van der Waals surface area contributed by atoms with Crippen molar-refractivity contribution in [2.45, 2.75) is 16.5 Å². The van der Waals surface area contributed by atoms with Crippen LogP contribution in [-0.4, -0.2) is 19.8 Å². The molecule has 0 aliphatic heterocycles. The highest BCUT2D eigenvalue weighted by molar-refractivity contribution is 7.92. The molecule has 0 atom stereocenters. The number of sulfone groups is 1. The number of para-hydroxylation sites is 1. The molecule has 126 valence electrons. The van der Waals surface area contributed by atoms with Gasteiger partial charge in [0, 0.05) is 0 Å². The molecule has 0 saturated heterocycles. The fourth-order valence-corrected chi connectivity index (χ4v) is 4.70. The van der Waals surface area contributed by atoms with Gasteiger partial charge in [-0.05, 0) is 29.8 Å². The lowest BCUT2D eigenvalue weighted by molar-refractivity contribution is -0.274. The molecule has 0 bridgehead atoms. The maximum Gasteiger partial charge on any atom is 0.573 e. The second kappa shape index (κ2) is 6.06. The highest BCUT2D eigenvalue weighted by Crippen LogP contribution is 2.28. The molecule has 0 aliphatic rings. The van der Waals surface area contributed by atoms with Crippen LogP contribution in [0.4, 0.5) is 13.2 Å². The van der Waals surface area contributed by atoms with Crippen molar-refractivity contribution in [2.75, 3.05) is 0 Å². The van der Waals surface area contributed by atoms with Crippen molar-refractivity contribution in [3.8, 4) is 5.75 Å². The van der Waals surface area contributed by atoms with E-state index in [1.165, 1.54) is 12.1 Å². The minimum absolute atomic E-state index is 0.0145.